The van der Waals surface area contributed by atoms with Crippen molar-refractivity contribution in [2.24, 2.45) is 5.41 Å². The Kier molecular flexibility index (Phi) is 15.2. The molecule has 0 aromatic heterocycles. The average Bonchev–Trinajstić information content (AvgIpc) is 3.99. The average molecular weight is 888 g/mol. The molecule has 4 aliphatic heterocycles. The molecule has 4 heterocycles. The number of aromatic hydroxyl groups is 1. The predicted octanol–water partition coefficient (Wildman–Crippen LogP) is 6.68. The Hall–Kier alpha value is -4.34. The van der Waals surface area contributed by atoms with E-state index >= 15 is 4.79 Å². The summed E-state index contributed by atoms with van der Waals surface area (Å²) in [6.07, 6.45) is 9.76. The number of nitrogens with one attached hydrogen (secondary N) is 1. The standard InChI is InChI=1S/C50H69N3O11/c1-6-8-14-27-49(28-15-9-7-2)62-41-39-30-50(47(59)52-29-17-23-37(52)45(57)51-36(32-54)25-26-40(56)61-48(3,4)5)43(46(58)60-39)53(64-44(50)42(41)63-49)31-35-20-11-10-18-33(35)21-16-22-34-19-12-13-24-38(34)55/h10-13,16,18-21,24,36-37,39,41-44,54-55H,6-9,14-15,17,22-23,25-32H2,1-5H3,(H,51,57)/t36-,37+,39+,41-,42-,43+,44+,50+/m0/s1. The van der Waals surface area contributed by atoms with E-state index in [0.717, 1.165) is 55.2 Å². The summed E-state index contributed by atoms with van der Waals surface area (Å²) >= 11 is 0. The van der Waals surface area contributed by atoms with Gasteiger partial charge in [-0.05, 0) is 82.1 Å². The molecule has 2 bridgehead atoms. The summed E-state index contributed by atoms with van der Waals surface area (Å²) in [6, 6.07) is 12.2. The van der Waals surface area contributed by atoms with Gasteiger partial charge < -0.3 is 39.4 Å². The van der Waals surface area contributed by atoms with E-state index < -0.39 is 83.8 Å². The molecule has 1 aliphatic carbocycles. The van der Waals surface area contributed by atoms with Crippen LogP contribution in [0.2, 0.25) is 0 Å². The SMILES string of the molecule is CCCCCC1(CCCCC)O[C@@H]2[C@H](O1)[C@H]1ON(Cc3ccccc3C=CCc3ccccc3O)[C@@H]3C(=O)O[C@@H]2C[C@]13C(=O)N1CCC[C@@H]1C(=O)N[C@H](CO)CCC(=O)OC(C)(C)C. The molecule has 350 valence electrons. The number of benzene rings is 2. The minimum atomic E-state index is -1.47. The molecule has 8 atom stereocenters. The van der Waals surface area contributed by atoms with Crippen molar-refractivity contribution >= 4 is 29.8 Å². The number of hydrogen-bond donors (Lipinski definition) is 3. The van der Waals surface area contributed by atoms with Crippen molar-refractivity contribution in [3.05, 3.63) is 71.3 Å². The number of fused-ring (bicyclic) bond motifs is 4. The van der Waals surface area contributed by atoms with Gasteiger partial charge in [0.05, 0.1) is 19.2 Å². The van der Waals surface area contributed by atoms with Gasteiger partial charge in [-0.25, -0.2) is 0 Å². The Morgan fingerprint density at radius 1 is 0.969 bits per heavy atom. The Bertz CT molecular complexity index is 1990. The number of aliphatic hydroxyl groups is 1. The zero-order chi connectivity index (χ0) is 45.6. The van der Waals surface area contributed by atoms with Crippen LogP contribution in [-0.2, 0) is 55.9 Å². The molecule has 0 unspecified atom stereocenters. The number of esters is 2. The number of carbonyl (C=O) groups is 4. The number of nitrogens with zero attached hydrogens (tertiary/aromatic N) is 2. The van der Waals surface area contributed by atoms with E-state index in [0.29, 0.717) is 32.1 Å². The molecule has 3 N–H and O–H groups in total. The van der Waals surface area contributed by atoms with Crippen LogP contribution in [-0.4, -0.2) is 111 Å². The first-order chi connectivity index (χ1) is 30.7. The van der Waals surface area contributed by atoms with Crippen LogP contribution in [0.1, 0.15) is 135 Å². The third-order valence-electron chi connectivity index (χ3n) is 13.5. The van der Waals surface area contributed by atoms with Gasteiger partial charge in [0, 0.05) is 32.2 Å². The third-order valence-corrected chi connectivity index (χ3v) is 13.5. The number of ether oxygens (including phenoxy) is 4. The molecule has 2 aromatic carbocycles. The third kappa shape index (κ3) is 10.2. The lowest BCUT2D eigenvalue weighted by Gasteiger charge is -2.50. The fourth-order valence-electron chi connectivity index (χ4n) is 10.4. The van der Waals surface area contributed by atoms with Crippen molar-refractivity contribution in [1.82, 2.24) is 15.3 Å². The van der Waals surface area contributed by atoms with Crippen LogP contribution in [0.3, 0.4) is 0 Å². The van der Waals surface area contributed by atoms with Crippen LogP contribution in [0.15, 0.2) is 54.6 Å². The lowest BCUT2D eigenvalue weighted by molar-refractivity contribution is -0.225. The number of rotatable bonds is 20. The van der Waals surface area contributed by atoms with Crippen LogP contribution >= 0.6 is 0 Å². The monoisotopic (exact) mass is 887 g/mol. The van der Waals surface area contributed by atoms with E-state index in [-0.39, 0.29) is 44.0 Å². The van der Waals surface area contributed by atoms with Crippen molar-refractivity contribution < 1.29 is 53.2 Å². The number of para-hydroxylation sites is 1. The fourth-order valence-corrected chi connectivity index (χ4v) is 10.4. The van der Waals surface area contributed by atoms with Gasteiger partial charge in [0.2, 0.25) is 11.8 Å². The quantitative estimate of drug-likeness (QED) is 0.0953. The highest BCUT2D eigenvalue weighted by Gasteiger charge is 2.77. The Labute approximate surface area is 377 Å². The van der Waals surface area contributed by atoms with Crippen molar-refractivity contribution in [3.8, 4) is 5.75 Å². The molecule has 5 fully saturated rings. The molecular weight excluding hydrogens is 819 g/mol. The van der Waals surface area contributed by atoms with Gasteiger partial charge in [0.1, 0.15) is 47.2 Å². The smallest absolute Gasteiger partial charge is 0.327 e. The number of phenols is 1. The molecule has 64 heavy (non-hydrogen) atoms. The van der Waals surface area contributed by atoms with Crippen LogP contribution in [0, 0.1) is 5.41 Å². The maximum Gasteiger partial charge on any atom is 0.327 e. The number of likely N-dealkylation sites (tertiary alicyclic amines) is 1. The van der Waals surface area contributed by atoms with Gasteiger partial charge in [-0.15, -0.1) is 0 Å². The van der Waals surface area contributed by atoms with Crippen LogP contribution < -0.4 is 5.32 Å². The second-order valence-corrected chi connectivity index (χ2v) is 19.3. The minimum absolute atomic E-state index is 0.00221. The highest BCUT2D eigenvalue weighted by atomic mass is 16.8. The zero-order valence-electron chi connectivity index (χ0n) is 38.3. The van der Waals surface area contributed by atoms with E-state index in [1.165, 1.54) is 0 Å². The number of carbonyl (C=O) groups excluding carboxylic acids is 4. The molecular formula is C50H69N3O11. The topological polar surface area (TPSA) is 173 Å². The number of hydrogen-bond acceptors (Lipinski definition) is 12. The van der Waals surface area contributed by atoms with Crippen LogP contribution in [0.5, 0.6) is 5.75 Å². The van der Waals surface area contributed by atoms with E-state index in [1.807, 2.05) is 48.6 Å². The normalized spacial score (nSPS) is 27.7. The first-order valence-electron chi connectivity index (χ1n) is 23.7. The number of hydroxylamine groups is 2. The Morgan fingerprint density at radius 2 is 1.66 bits per heavy atom. The number of amides is 2. The number of aliphatic hydroxyl groups excluding tert-OH is 1. The second-order valence-electron chi connectivity index (χ2n) is 19.3. The van der Waals surface area contributed by atoms with E-state index in [4.69, 9.17) is 23.8 Å². The zero-order valence-corrected chi connectivity index (χ0v) is 38.3. The summed E-state index contributed by atoms with van der Waals surface area (Å²) in [5.41, 5.74) is 0.375. The van der Waals surface area contributed by atoms with Gasteiger partial charge >= 0.3 is 11.9 Å². The molecule has 0 radical (unpaired) electrons. The van der Waals surface area contributed by atoms with Gasteiger partial charge in [-0.3, -0.25) is 24.0 Å². The Balaban J connectivity index is 1.19. The Morgan fingerprint density at radius 3 is 2.34 bits per heavy atom. The molecule has 2 aromatic rings. The van der Waals surface area contributed by atoms with Gasteiger partial charge in [-0.2, -0.15) is 5.06 Å². The van der Waals surface area contributed by atoms with Crippen LogP contribution in [0.25, 0.3) is 6.08 Å². The molecule has 14 nitrogen and oxygen atoms in total. The van der Waals surface area contributed by atoms with Crippen molar-refractivity contribution in [2.75, 3.05) is 13.2 Å². The summed E-state index contributed by atoms with van der Waals surface area (Å²) in [6.45, 7) is 9.67. The molecule has 7 rings (SSSR count). The number of phenolic OH excluding ortho intramolecular Hbond substituents is 1. The molecule has 2 amide bonds. The summed E-state index contributed by atoms with van der Waals surface area (Å²) in [5.74, 6) is -2.53. The van der Waals surface area contributed by atoms with Crippen LogP contribution in [0.4, 0.5) is 0 Å². The highest BCUT2D eigenvalue weighted by molar-refractivity contribution is 5.96. The largest absolute Gasteiger partial charge is 0.508 e. The summed E-state index contributed by atoms with van der Waals surface area (Å²) in [4.78, 5) is 65.5. The van der Waals surface area contributed by atoms with Crippen molar-refractivity contribution in [2.45, 2.75) is 185 Å². The minimum Gasteiger partial charge on any atom is -0.508 e. The lowest BCUT2D eigenvalue weighted by atomic mass is 9.62. The maximum absolute atomic E-state index is 15.7. The lowest BCUT2D eigenvalue weighted by Crippen LogP contribution is -2.70. The maximum atomic E-state index is 15.7. The van der Waals surface area contributed by atoms with E-state index in [9.17, 15) is 24.6 Å². The number of unbranched alkanes of at least 4 members (excludes halogenated alkanes) is 4. The van der Waals surface area contributed by atoms with E-state index in [2.05, 4.69) is 19.2 Å². The molecule has 4 saturated heterocycles. The van der Waals surface area contributed by atoms with Gasteiger partial charge in [0.25, 0.3) is 0 Å². The summed E-state index contributed by atoms with van der Waals surface area (Å²) in [5, 5.41) is 25.1. The fraction of sp³-hybridized carbons (Fsp3) is 0.640. The summed E-state index contributed by atoms with van der Waals surface area (Å²) in [7, 11) is 0. The highest BCUT2D eigenvalue weighted by Crippen LogP contribution is 2.59. The van der Waals surface area contributed by atoms with Crippen molar-refractivity contribution in [3.63, 3.8) is 0 Å². The summed E-state index contributed by atoms with van der Waals surface area (Å²) < 4.78 is 25.8. The van der Waals surface area contributed by atoms with Gasteiger partial charge in [0.15, 0.2) is 11.8 Å². The molecule has 1 saturated carbocycles. The molecule has 5 aliphatic rings. The number of allylic oxidation sites excluding steroid dienone is 1. The first-order valence-corrected chi connectivity index (χ1v) is 23.7. The second kappa shape index (κ2) is 20.4. The van der Waals surface area contributed by atoms with E-state index in [1.54, 1.807) is 42.9 Å². The molecule has 0 spiro atoms. The first kappa shape index (κ1) is 47.6. The molecule has 14 heteroatoms. The van der Waals surface area contributed by atoms with Gasteiger partial charge in [-0.1, -0.05) is 94.1 Å². The van der Waals surface area contributed by atoms with Crippen molar-refractivity contribution in [1.29, 1.82) is 0 Å². The predicted molar refractivity (Wildman–Crippen MR) is 238 cm³/mol.